The van der Waals surface area contributed by atoms with Crippen LogP contribution in [0.5, 0.6) is 0 Å². The molecule has 0 fully saturated rings. The molecule has 0 radical (unpaired) electrons. The van der Waals surface area contributed by atoms with E-state index in [1.807, 2.05) is 42.6 Å². The summed E-state index contributed by atoms with van der Waals surface area (Å²) >= 11 is 1.70. The first-order chi connectivity index (χ1) is 11.4. The van der Waals surface area contributed by atoms with Gasteiger partial charge in [0.15, 0.2) is 0 Å². The second-order valence-corrected chi connectivity index (χ2v) is 5.94. The Morgan fingerprint density at radius 3 is 2.04 bits per heavy atom. The molecule has 0 aliphatic heterocycles. The average Bonchev–Trinajstić information content (AvgIpc) is 3.17. The van der Waals surface area contributed by atoms with E-state index in [1.54, 1.807) is 23.7 Å². The van der Waals surface area contributed by atoms with Crippen molar-refractivity contribution >= 4 is 11.3 Å². The molecule has 0 saturated heterocycles. The van der Waals surface area contributed by atoms with Crippen LogP contribution in [-0.2, 0) is 0 Å². The van der Waals surface area contributed by atoms with Crippen molar-refractivity contribution in [2.75, 3.05) is 0 Å². The van der Waals surface area contributed by atoms with Crippen molar-refractivity contribution in [2.45, 2.75) is 0 Å². The standard InChI is InChI=1S/C19H13N3S/c1-2-10-20-16(8-1)14-6-3-11-21-18(14)19-15(7-4-12-22-19)17-9-5-13-23-17/h1-13H. The topological polar surface area (TPSA) is 38.7 Å². The van der Waals surface area contributed by atoms with Gasteiger partial charge in [-0.1, -0.05) is 12.1 Å². The van der Waals surface area contributed by atoms with Gasteiger partial charge < -0.3 is 0 Å². The summed E-state index contributed by atoms with van der Waals surface area (Å²) in [6, 6.07) is 18.1. The average molecular weight is 315 g/mol. The highest BCUT2D eigenvalue weighted by Crippen LogP contribution is 2.36. The summed E-state index contributed by atoms with van der Waals surface area (Å²) in [5.41, 5.74) is 4.73. The van der Waals surface area contributed by atoms with Crippen LogP contribution in [-0.4, -0.2) is 15.0 Å². The molecule has 0 saturated carbocycles. The molecule has 0 aliphatic rings. The number of nitrogens with zero attached hydrogens (tertiary/aromatic N) is 3. The van der Waals surface area contributed by atoms with E-state index in [1.165, 1.54) is 4.88 Å². The molecule has 0 atom stereocenters. The highest BCUT2D eigenvalue weighted by atomic mass is 32.1. The van der Waals surface area contributed by atoms with E-state index in [-0.39, 0.29) is 0 Å². The van der Waals surface area contributed by atoms with Crippen LogP contribution in [0.2, 0.25) is 0 Å². The SMILES string of the molecule is c1ccc(-c2cccnc2-c2ncccc2-c2cccs2)nc1. The maximum absolute atomic E-state index is 4.61. The first-order valence-electron chi connectivity index (χ1n) is 7.29. The van der Waals surface area contributed by atoms with E-state index < -0.39 is 0 Å². The first-order valence-corrected chi connectivity index (χ1v) is 8.17. The Labute approximate surface area is 138 Å². The van der Waals surface area contributed by atoms with Crippen molar-refractivity contribution in [1.29, 1.82) is 0 Å². The molecular weight excluding hydrogens is 302 g/mol. The lowest BCUT2D eigenvalue weighted by atomic mass is 10.0. The van der Waals surface area contributed by atoms with Gasteiger partial charge in [-0.25, -0.2) is 0 Å². The molecular formula is C19H13N3S. The van der Waals surface area contributed by atoms with Crippen molar-refractivity contribution in [3.8, 4) is 33.1 Å². The zero-order valence-corrected chi connectivity index (χ0v) is 13.1. The molecule has 4 heteroatoms. The minimum atomic E-state index is 0.857. The van der Waals surface area contributed by atoms with Crippen molar-refractivity contribution in [3.05, 3.63) is 78.6 Å². The molecule has 4 aromatic heterocycles. The smallest absolute Gasteiger partial charge is 0.0986 e. The summed E-state index contributed by atoms with van der Waals surface area (Å²) < 4.78 is 0. The third-order valence-corrected chi connectivity index (χ3v) is 4.47. The van der Waals surface area contributed by atoms with Gasteiger partial charge in [-0.15, -0.1) is 11.3 Å². The lowest BCUT2D eigenvalue weighted by Crippen LogP contribution is -1.94. The van der Waals surface area contributed by atoms with Crippen molar-refractivity contribution in [3.63, 3.8) is 0 Å². The van der Waals surface area contributed by atoms with Crippen LogP contribution in [0.15, 0.2) is 78.6 Å². The number of rotatable bonds is 3. The molecule has 4 heterocycles. The van der Waals surface area contributed by atoms with Crippen LogP contribution in [0, 0.1) is 0 Å². The Balaban J connectivity index is 1.94. The molecule has 4 aromatic rings. The maximum Gasteiger partial charge on any atom is 0.0986 e. The Morgan fingerprint density at radius 1 is 0.609 bits per heavy atom. The monoisotopic (exact) mass is 315 g/mol. The van der Waals surface area contributed by atoms with Crippen molar-refractivity contribution < 1.29 is 0 Å². The van der Waals surface area contributed by atoms with E-state index in [2.05, 4.69) is 38.5 Å². The Kier molecular flexibility index (Phi) is 3.66. The zero-order chi connectivity index (χ0) is 15.5. The summed E-state index contributed by atoms with van der Waals surface area (Å²) in [7, 11) is 0. The second-order valence-electron chi connectivity index (χ2n) is 4.99. The second kappa shape index (κ2) is 6.10. The third kappa shape index (κ3) is 2.64. The minimum Gasteiger partial charge on any atom is -0.256 e. The van der Waals surface area contributed by atoms with Crippen LogP contribution in [0.25, 0.3) is 33.1 Å². The third-order valence-electron chi connectivity index (χ3n) is 3.57. The Morgan fingerprint density at radius 2 is 1.35 bits per heavy atom. The first kappa shape index (κ1) is 13.8. The lowest BCUT2D eigenvalue weighted by Gasteiger charge is -2.10. The molecule has 3 nitrogen and oxygen atoms in total. The maximum atomic E-state index is 4.61. The predicted octanol–water partition coefficient (Wildman–Crippen LogP) is 4.93. The number of thiophene rings is 1. The van der Waals surface area contributed by atoms with Crippen molar-refractivity contribution in [1.82, 2.24) is 15.0 Å². The highest BCUT2D eigenvalue weighted by Gasteiger charge is 2.15. The molecule has 0 spiro atoms. The van der Waals surface area contributed by atoms with Gasteiger partial charge in [0.1, 0.15) is 0 Å². The van der Waals surface area contributed by atoms with E-state index in [0.717, 1.165) is 28.2 Å². The summed E-state index contributed by atoms with van der Waals surface area (Å²) in [4.78, 5) is 14.9. The fraction of sp³-hybridized carbons (Fsp3) is 0. The molecule has 0 aliphatic carbocycles. The molecule has 0 aromatic carbocycles. The minimum absolute atomic E-state index is 0.857. The number of hydrogen-bond acceptors (Lipinski definition) is 4. The van der Waals surface area contributed by atoms with Crippen LogP contribution < -0.4 is 0 Å². The Bertz CT molecular complexity index is 918. The van der Waals surface area contributed by atoms with Crippen LogP contribution >= 0.6 is 11.3 Å². The van der Waals surface area contributed by atoms with Gasteiger partial charge in [-0.3, -0.25) is 15.0 Å². The molecule has 0 bridgehead atoms. The molecule has 110 valence electrons. The fourth-order valence-electron chi connectivity index (χ4n) is 2.55. The van der Waals surface area contributed by atoms with Gasteiger partial charge in [-0.2, -0.15) is 0 Å². The van der Waals surface area contributed by atoms with Gasteiger partial charge in [0, 0.05) is 34.6 Å². The fourth-order valence-corrected chi connectivity index (χ4v) is 3.30. The lowest BCUT2D eigenvalue weighted by molar-refractivity contribution is 1.23. The van der Waals surface area contributed by atoms with Crippen LogP contribution in [0.3, 0.4) is 0 Å². The van der Waals surface area contributed by atoms with Crippen molar-refractivity contribution in [2.24, 2.45) is 0 Å². The molecule has 0 N–H and O–H groups in total. The van der Waals surface area contributed by atoms with Gasteiger partial charge in [0.25, 0.3) is 0 Å². The molecule has 0 unspecified atom stereocenters. The number of aromatic nitrogens is 3. The van der Waals surface area contributed by atoms with E-state index in [0.29, 0.717) is 0 Å². The van der Waals surface area contributed by atoms with Gasteiger partial charge in [-0.05, 0) is 47.8 Å². The molecule has 0 amide bonds. The predicted molar refractivity (Wildman–Crippen MR) is 94.0 cm³/mol. The number of hydrogen-bond donors (Lipinski definition) is 0. The molecule has 4 rings (SSSR count). The normalized spacial score (nSPS) is 10.6. The van der Waals surface area contributed by atoms with Gasteiger partial charge >= 0.3 is 0 Å². The van der Waals surface area contributed by atoms with E-state index in [4.69, 9.17) is 0 Å². The van der Waals surface area contributed by atoms with E-state index >= 15 is 0 Å². The summed E-state index contributed by atoms with van der Waals surface area (Å²) in [6.07, 6.45) is 5.41. The van der Waals surface area contributed by atoms with Gasteiger partial charge in [0.05, 0.1) is 17.1 Å². The number of pyridine rings is 3. The Hall–Kier alpha value is -2.85. The molecule has 23 heavy (non-hydrogen) atoms. The van der Waals surface area contributed by atoms with E-state index in [9.17, 15) is 0 Å². The largest absolute Gasteiger partial charge is 0.256 e. The van der Waals surface area contributed by atoms with Gasteiger partial charge in [0.2, 0.25) is 0 Å². The van der Waals surface area contributed by atoms with Crippen LogP contribution in [0.4, 0.5) is 0 Å². The quantitative estimate of drug-likeness (QED) is 0.538. The van der Waals surface area contributed by atoms with Crippen LogP contribution in [0.1, 0.15) is 0 Å². The zero-order valence-electron chi connectivity index (χ0n) is 12.3. The summed E-state index contributed by atoms with van der Waals surface area (Å²) in [6.45, 7) is 0. The summed E-state index contributed by atoms with van der Waals surface area (Å²) in [5, 5.41) is 2.07. The highest BCUT2D eigenvalue weighted by molar-refractivity contribution is 7.13. The summed E-state index contributed by atoms with van der Waals surface area (Å²) in [5.74, 6) is 0.